The predicted octanol–water partition coefficient (Wildman–Crippen LogP) is 3.04. The third-order valence-electron chi connectivity index (χ3n) is 3.49. The molecule has 7 heteroatoms. The smallest absolute Gasteiger partial charge is 0.411 e. The number of methoxy groups -OCH3 is 1. The highest BCUT2D eigenvalue weighted by molar-refractivity contribution is 5.90. The third-order valence-corrected chi connectivity index (χ3v) is 3.49. The second-order valence-electron chi connectivity index (χ2n) is 6.46. The first-order chi connectivity index (χ1) is 11.1. The number of esters is 1. The van der Waals surface area contributed by atoms with Crippen molar-refractivity contribution >= 4 is 17.7 Å². The number of carbonyl (C=O) groups is 2. The van der Waals surface area contributed by atoms with Gasteiger partial charge in [0.15, 0.2) is 0 Å². The van der Waals surface area contributed by atoms with Gasteiger partial charge in [0, 0.05) is 12.1 Å². The molecule has 0 aromatic heterocycles. The molecule has 0 saturated carbocycles. The Morgan fingerprint density at radius 3 is 2.58 bits per heavy atom. The maximum Gasteiger partial charge on any atom is 0.411 e. The summed E-state index contributed by atoms with van der Waals surface area (Å²) in [5, 5.41) is 0. The van der Waals surface area contributed by atoms with Crippen LogP contribution < -0.4 is 5.73 Å². The molecule has 1 aliphatic heterocycles. The molecule has 1 aliphatic rings. The number of amides is 1. The fourth-order valence-corrected chi connectivity index (χ4v) is 2.42. The Morgan fingerprint density at radius 1 is 1.33 bits per heavy atom. The second-order valence-corrected chi connectivity index (χ2v) is 6.46. The summed E-state index contributed by atoms with van der Waals surface area (Å²) >= 11 is 0. The molecular weight excluding hydrogens is 315 g/mol. The molecule has 2 rings (SSSR count). The topological polar surface area (TPSA) is 81.9 Å². The van der Waals surface area contributed by atoms with E-state index < -0.39 is 29.5 Å². The predicted molar refractivity (Wildman–Crippen MR) is 87.0 cm³/mol. The van der Waals surface area contributed by atoms with E-state index in [1.54, 1.807) is 32.9 Å². The fraction of sp³-hybridized carbons (Fsp3) is 0.412. The minimum atomic E-state index is -0.739. The molecule has 0 radical (unpaired) electrons. The lowest BCUT2D eigenvalue weighted by Gasteiger charge is -2.29. The van der Waals surface area contributed by atoms with Crippen LogP contribution in [-0.2, 0) is 9.47 Å². The molecule has 6 nitrogen and oxygen atoms in total. The number of nitrogen functional groups attached to an aromatic ring is 1. The first-order valence-electron chi connectivity index (χ1n) is 7.47. The summed E-state index contributed by atoms with van der Waals surface area (Å²) in [6.07, 6.45) is 2.94. The van der Waals surface area contributed by atoms with Gasteiger partial charge in [-0.2, -0.15) is 0 Å². The first kappa shape index (κ1) is 17.8. The molecule has 1 unspecified atom stereocenters. The van der Waals surface area contributed by atoms with Crippen LogP contribution in [0, 0.1) is 5.82 Å². The van der Waals surface area contributed by atoms with E-state index in [1.807, 2.05) is 0 Å². The molecule has 2 N–H and O–H groups in total. The highest BCUT2D eigenvalue weighted by Gasteiger charge is 2.32. The number of nitrogens with zero attached hydrogens (tertiary/aromatic N) is 1. The summed E-state index contributed by atoms with van der Waals surface area (Å²) < 4.78 is 24.1. The van der Waals surface area contributed by atoms with Crippen molar-refractivity contribution in [2.75, 3.05) is 19.4 Å². The number of hydrogen-bond donors (Lipinski definition) is 1. The van der Waals surface area contributed by atoms with E-state index in [0.29, 0.717) is 12.1 Å². The maximum atomic E-state index is 14.1. The quantitative estimate of drug-likeness (QED) is 0.510. The monoisotopic (exact) mass is 336 g/mol. The minimum Gasteiger partial charge on any atom is -0.465 e. The highest BCUT2D eigenvalue weighted by Crippen LogP contribution is 2.34. The first-order valence-corrected chi connectivity index (χ1v) is 7.47. The molecule has 1 amide bonds. The maximum absolute atomic E-state index is 14.1. The Bertz CT molecular complexity index is 695. The SMILES string of the molecule is COC(=O)c1cc(F)c(N)c(C2C=CCN2C(=O)OC(C)(C)C)c1. The third kappa shape index (κ3) is 3.67. The molecule has 0 fully saturated rings. The van der Waals surface area contributed by atoms with Crippen LogP contribution in [0.2, 0.25) is 0 Å². The van der Waals surface area contributed by atoms with Crippen LogP contribution in [0.25, 0.3) is 0 Å². The number of anilines is 1. The van der Waals surface area contributed by atoms with Crippen molar-refractivity contribution < 1.29 is 23.5 Å². The highest BCUT2D eigenvalue weighted by atomic mass is 19.1. The molecule has 1 atom stereocenters. The van der Waals surface area contributed by atoms with Crippen LogP contribution in [0.3, 0.4) is 0 Å². The van der Waals surface area contributed by atoms with Gasteiger partial charge in [-0.15, -0.1) is 0 Å². The summed E-state index contributed by atoms with van der Waals surface area (Å²) in [4.78, 5) is 25.5. The fourth-order valence-electron chi connectivity index (χ4n) is 2.42. The van der Waals surface area contributed by atoms with Crippen LogP contribution in [-0.4, -0.2) is 36.2 Å². The molecule has 1 heterocycles. The number of ether oxygens (including phenoxy) is 2. The van der Waals surface area contributed by atoms with Crippen LogP contribution in [0.1, 0.15) is 42.7 Å². The van der Waals surface area contributed by atoms with E-state index in [2.05, 4.69) is 4.74 Å². The lowest BCUT2D eigenvalue weighted by molar-refractivity contribution is 0.0241. The van der Waals surface area contributed by atoms with Crippen LogP contribution in [0.5, 0.6) is 0 Å². The Labute approximate surface area is 140 Å². The number of nitrogens with two attached hydrogens (primary N) is 1. The summed E-state index contributed by atoms with van der Waals surface area (Å²) in [5.74, 6) is -1.42. The zero-order chi connectivity index (χ0) is 18.1. The van der Waals surface area contributed by atoms with E-state index in [9.17, 15) is 14.0 Å². The van der Waals surface area contributed by atoms with Crippen LogP contribution >= 0.6 is 0 Å². The minimum absolute atomic E-state index is 0.0311. The van der Waals surface area contributed by atoms with Crippen molar-refractivity contribution in [3.05, 3.63) is 41.2 Å². The largest absolute Gasteiger partial charge is 0.465 e. The van der Waals surface area contributed by atoms with E-state index in [0.717, 1.165) is 6.07 Å². The zero-order valence-corrected chi connectivity index (χ0v) is 14.1. The lowest BCUT2D eigenvalue weighted by atomic mass is 10.0. The molecule has 24 heavy (non-hydrogen) atoms. The Kier molecular flexibility index (Phi) is 4.82. The average molecular weight is 336 g/mol. The van der Waals surface area contributed by atoms with Crippen molar-refractivity contribution in [1.29, 1.82) is 0 Å². The zero-order valence-electron chi connectivity index (χ0n) is 14.1. The Hall–Kier alpha value is -2.57. The molecule has 1 aromatic carbocycles. The van der Waals surface area contributed by atoms with Crippen LogP contribution in [0.4, 0.5) is 14.9 Å². The molecule has 0 aliphatic carbocycles. The summed E-state index contributed by atoms with van der Waals surface area (Å²) in [6.45, 7) is 5.59. The molecule has 0 saturated heterocycles. The molecule has 1 aromatic rings. The van der Waals surface area contributed by atoms with Gasteiger partial charge in [0.2, 0.25) is 0 Å². The normalized spacial score (nSPS) is 17.0. The summed E-state index contributed by atoms with van der Waals surface area (Å²) in [7, 11) is 1.21. The number of benzene rings is 1. The number of halogens is 1. The molecule has 130 valence electrons. The van der Waals surface area contributed by atoms with Gasteiger partial charge in [-0.1, -0.05) is 12.2 Å². The van der Waals surface area contributed by atoms with Crippen molar-refractivity contribution in [2.24, 2.45) is 0 Å². The van der Waals surface area contributed by atoms with E-state index in [1.165, 1.54) is 18.1 Å². The molecule has 0 spiro atoms. The van der Waals surface area contributed by atoms with Crippen molar-refractivity contribution in [3.63, 3.8) is 0 Å². The van der Waals surface area contributed by atoms with Gasteiger partial charge in [0.25, 0.3) is 0 Å². The molecular formula is C17H21FN2O4. The van der Waals surface area contributed by atoms with Crippen LogP contribution in [0.15, 0.2) is 24.3 Å². The van der Waals surface area contributed by atoms with Gasteiger partial charge in [-0.3, -0.25) is 4.90 Å². The van der Waals surface area contributed by atoms with E-state index >= 15 is 0 Å². The van der Waals surface area contributed by atoms with Crippen molar-refractivity contribution in [2.45, 2.75) is 32.4 Å². The Morgan fingerprint density at radius 2 is 2.00 bits per heavy atom. The number of carbonyl (C=O) groups excluding carboxylic acids is 2. The van der Waals surface area contributed by atoms with Crippen molar-refractivity contribution in [3.8, 4) is 0 Å². The number of hydrogen-bond acceptors (Lipinski definition) is 5. The van der Waals surface area contributed by atoms with Gasteiger partial charge in [0.05, 0.1) is 24.4 Å². The molecule has 0 bridgehead atoms. The van der Waals surface area contributed by atoms with E-state index in [4.69, 9.17) is 10.5 Å². The van der Waals surface area contributed by atoms with Crippen molar-refractivity contribution in [1.82, 2.24) is 4.90 Å². The average Bonchev–Trinajstić information content (AvgIpc) is 2.96. The lowest BCUT2D eigenvalue weighted by Crippen LogP contribution is -2.37. The van der Waals surface area contributed by atoms with Gasteiger partial charge < -0.3 is 15.2 Å². The standard InChI is InChI=1S/C17H21FN2O4/c1-17(2,3)24-16(22)20-7-5-6-13(20)11-8-10(15(21)23-4)9-12(18)14(11)19/h5-6,8-9,13H,7,19H2,1-4H3. The Balaban J connectivity index is 2.39. The van der Waals surface area contributed by atoms with Gasteiger partial charge in [0.1, 0.15) is 11.4 Å². The summed E-state index contributed by atoms with van der Waals surface area (Å²) in [5.41, 5.74) is 5.39. The van der Waals surface area contributed by atoms with Gasteiger partial charge >= 0.3 is 12.1 Å². The second kappa shape index (κ2) is 6.51. The number of rotatable bonds is 2. The summed E-state index contributed by atoms with van der Waals surface area (Å²) in [6, 6.07) is 1.84. The van der Waals surface area contributed by atoms with E-state index in [-0.39, 0.29) is 11.3 Å². The van der Waals surface area contributed by atoms with Gasteiger partial charge in [-0.05, 0) is 32.9 Å². The van der Waals surface area contributed by atoms with Gasteiger partial charge in [-0.25, -0.2) is 14.0 Å².